The molecular formula is C15H16O2. The Morgan fingerprint density at radius 3 is 2.35 bits per heavy atom. The molecule has 2 aromatic rings. The van der Waals surface area contributed by atoms with E-state index in [9.17, 15) is 4.79 Å². The Labute approximate surface area is 101 Å². The third-order valence-electron chi connectivity index (χ3n) is 2.73. The van der Waals surface area contributed by atoms with Crippen LogP contribution in [0.15, 0.2) is 40.8 Å². The maximum Gasteiger partial charge on any atom is 0.194 e. The van der Waals surface area contributed by atoms with Gasteiger partial charge in [-0.2, -0.15) is 0 Å². The van der Waals surface area contributed by atoms with Crippen molar-refractivity contribution in [3.8, 4) is 11.3 Å². The summed E-state index contributed by atoms with van der Waals surface area (Å²) in [6.07, 6.45) is 2.24. The summed E-state index contributed by atoms with van der Waals surface area (Å²) in [7, 11) is 0. The van der Waals surface area contributed by atoms with Crippen LogP contribution < -0.4 is 0 Å². The van der Waals surface area contributed by atoms with Gasteiger partial charge in [0.1, 0.15) is 5.76 Å². The van der Waals surface area contributed by atoms with Crippen LogP contribution in [0.4, 0.5) is 0 Å². The number of carbonyl (C=O) groups is 1. The Balaban J connectivity index is 2.23. The fraction of sp³-hybridized carbons (Fsp3) is 0.267. The van der Waals surface area contributed by atoms with Gasteiger partial charge in [-0.1, -0.05) is 37.6 Å². The van der Waals surface area contributed by atoms with Gasteiger partial charge in [0.2, 0.25) is 0 Å². The maximum atomic E-state index is 11.1. The highest BCUT2D eigenvalue weighted by molar-refractivity contribution is 5.91. The molecule has 0 N–H and O–H groups in total. The smallest absolute Gasteiger partial charge is 0.194 e. The molecule has 1 aromatic heterocycles. The van der Waals surface area contributed by atoms with Gasteiger partial charge in [-0.05, 0) is 24.1 Å². The minimum atomic E-state index is -0.0427. The first kappa shape index (κ1) is 11.6. The van der Waals surface area contributed by atoms with Gasteiger partial charge in [-0.3, -0.25) is 4.79 Å². The van der Waals surface area contributed by atoms with Crippen LogP contribution in [0.25, 0.3) is 11.3 Å². The maximum absolute atomic E-state index is 11.1. The largest absolute Gasteiger partial charge is 0.453 e. The molecule has 0 atom stereocenters. The number of hydrogen-bond donors (Lipinski definition) is 0. The molecule has 0 spiro atoms. The van der Waals surface area contributed by atoms with E-state index in [1.165, 1.54) is 12.5 Å². The fourth-order valence-electron chi connectivity index (χ4n) is 1.81. The fourth-order valence-corrected chi connectivity index (χ4v) is 1.81. The van der Waals surface area contributed by atoms with Crippen LogP contribution in [-0.4, -0.2) is 5.78 Å². The number of ketones is 1. The molecule has 2 heteroatoms. The van der Waals surface area contributed by atoms with Crippen molar-refractivity contribution in [3.05, 3.63) is 47.7 Å². The summed E-state index contributed by atoms with van der Waals surface area (Å²) in [6.45, 7) is 3.67. The van der Waals surface area contributed by atoms with Gasteiger partial charge in [0.15, 0.2) is 11.5 Å². The molecule has 88 valence electrons. The lowest BCUT2D eigenvalue weighted by Gasteiger charge is -2.00. The summed E-state index contributed by atoms with van der Waals surface area (Å²) >= 11 is 0. The Hall–Kier alpha value is -1.83. The van der Waals surface area contributed by atoms with Gasteiger partial charge in [-0.25, -0.2) is 0 Å². The van der Waals surface area contributed by atoms with E-state index in [1.807, 2.05) is 18.2 Å². The van der Waals surface area contributed by atoms with Crippen molar-refractivity contribution in [2.45, 2.75) is 26.7 Å². The second-order valence-corrected chi connectivity index (χ2v) is 4.17. The van der Waals surface area contributed by atoms with E-state index in [0.29, 0.717) is 5.76 Å². The van der Waals surface area contributed by atoms with E-state index < -0.39 is 0 Å². The molecule has 2 nitrogen and oxygen atoms in total. The molecule has 0 amide bonds. The van der Waals surface area contributed by atoms with Crippen LogP contribution in [0.1, 0.15) is 36.4 Å². The summed E-state index contributed by atoms with van der Waals surface area (Å²) in [5.74, 6) is 1.12. The first-order valence-corrected chi connectivity index (χ1v) is 5.91. The van der Waals surface area contributed by atoms with Gasteiger partial charge in [0.05, 0.1) is 0 Å². The monoisotopic (exact) mass is 228 g/mol. The highest BCUT2D eigenvalue weighted by atomic mass is 16.3. The average molecular weight is 228 g/mol. The van der Waals surface area contributed by atoms with Crippen molar-refractivity contribution in [2.24, 2.45) is 0 Å². The normalized spacial score (nSPS) is 10.5. The molecule has 0 aliphatic rings. The SMILES string of the molecule is CCCc1ccc(-c2ccc(C(C)=O)o2)cc1. The van der Waals surface area contributed by atoms with Crippen molar-refractivity contribution < 1.29 is 9.21 Å². The van der Waals surface area contributed by atoms with E-state index in [0.717, 1.165) is 24.2 Å². The predicted molar refractivity (Wildman–Crippen MR) is 68.1 cm³/mol. The molecular weight excluding hydrogens is 212 g/mol. The molecule has 1 heterocycles. The lowest BCUT2D eigenvalue weighted by atomic mass is 10.1. The van der Waals surface area contributed by atoms with Crippen LogP contribution in [0.3, 0.4) is 0 Å². The summed E-state index contributed by atoms with van der Waals surface area (Å²) in [4.78, 5) is 11.1. The Morgan fingerprint density at radius 2 is 1.82 bits per heavy atom. The van der Waals surface area contributed by atoms with Crippen LogP contribution in [0.5, 0.6) is 0 Å². The molecule has 0 aliphatic carbocycles. The van der Waals surface area contributed by atoms with Gasteiger partial charge in [0.25, 0.3) is 0 Å². The molecule has 2 rings (SSSR count). The Morgan fingerprint density at radius 1 is 1.12 bits per heavy atom. The highest BCUT2D eigenvalue weighted by Crippen LogP contribution is 2.23. The Bertz CT molecular complexity index is 506. The molecule has 0 aliphatic heterocycles. The first-order valence-electron chi connectivity index (χ1n) is 5.91. The van der Waals surface area contributed by atoms with Crippen LogP contribution in [0, 0.1) is 0 Å². The lowest BCUT2D eigenvalue weighted by Crippen LogP contribution is -1.86. The number of carbonyl (C=O) groups excluding carboxylic acids is 1. The number of benzene rings is 1. The van der Waals surface area contributed by atoms with E-state index in [4.69, 9.17) is 4.42 Å². The minimum absolute atomic E-state index is 0.0427. The lowest BCUT2D eigenvalue weighted by molar-refractivity contribution is 0.0988. The van der Waals surface area contributed by atoms with E-state index in [-0.39, 0.29) is 5.78 Å². The predicted octanol–water partition coefficient (Wildman–Crippen LogP) is 4.10. The summed E-state index contributed by atoms with van der Waals surface area (Å²) in [5.41, 5.74) is 2.34. The van der Waals surface area contributed by atoms with E-state index in [1.54, 1.807) is 6.07 Å². The highest BCUT2D eigenvalue weighted by Gasteiger charge is 2.07. The first-order chi connectivity index (χ1) is 8.20. The van der Waals surface area contributed by atoms with Gasteiger partial charge in [-0.15, -0.1) is 0 Å². The van der Waals surface area contributed by atoms with Crippen molar-refractivity contribution >= 4 is 5.78 Å². The molecule has 0 saturated heterocycles. The molecule has 0 saturated carbocycles. The number of rotatable bonds is 4. The number of aryl methyl sites for hydroxylation is 1. The van der Waals surface area contributed by atoms with Crippen molar-refractivity contribution in [1.29, 1.82) is 0 Å². The second kappa shape index (κ2) is 5.00. The zero-order chi connectivity index (χ0) is 12.3. The number of hydrogen-bond acceptors (Lipinski definition) is 2. The standard InChI is InChI=1S/C15H16O2/c1-3-4-12-5-7-13(8-6-12)15-10-9-14(17-15)11(2)16/h5-10H,3-4H2,1-2H3. The second-order valence-electron chi connectivity index (χ2n) is 4.17. The van der Waals surface area contributed by atoms with Crippen molar-refractivity contribution in [3.63, 3.8) is 0 Å². The average Bonchev–Trinajstić information content (AvgIpc) is 2.80. The number of Topliss-reactive ketones (excluding diaryl/α,β-unsaturated/α-hetero) is 1. The molecule has 0 radical (unpaired) electrons. The van der Waals surface area contributed by atoms with Crippen molar-refractivity contribution in [1.82, 2.24) is 0 Å². The van der Waals surface area contributed by atoms with E-state index >= 15 is 0 Å². The zero-order valence-corrected chi connectivity index (χ0v) is 10.2. The van der Waals surface area contributed by atoms with Crippen LogP contribution in [-0.2, 0) is 6.42 Å². The summed E-state index contributed by atoms with van der Waals surface area (Å²) in [6, 6.07) is 11.8. The van der Waals surface area contributed by atoms with Gasteiger partial charge < -0.3 is 4.42 Å². The molecule has 0 bridgehead atoms. The third-order valence-corrected chi connectivity index (χ3v) is 2.73. The minimum Gasteiger partial charge on any atom is -0.453 e. The van der Waals surface area contributed by atoms with Gasteiger partial charge in [0, 0.05) is 12.5 Å². The zero-order valence-electron chi connectivity index (χ0n) is 10.2. The summed E-state index contributed by atoms with van der Waals surface area (Å²) < 4.78 is 5.48. The molecule has 1 aromatic carbocycles. The van der Waals surface area contributed by atoms with Crippen LogP contribution in [0.2, 0.25) is 0 Å². The molecule has 0 fully saturated rings. The third kappa shape index (κ3) is 2.64. The van der Waals surface area contributed by atoms with Crippen LogP contribution >= 0.6 is 0 Å². The Kier molecular flexibility index (Phi) is 3.43. The van der Waals surface area contributed by atoms with Gasteiger partial charge >= 0.3 is 0 Å². The summed E-state index contributed by atoms with van der Waals surface area (Å²) in [5, 5.41) is 0. The number of furan rings is 1. The van der Waals surface area contributed by atoms with Crippen molar-refractivity contribution in [2.75, 3.05) is 0 Å². The molecule has 0 unspecified atom stereocenters. The topological polar surface area (TPSA) is 30.2 Å². The molecule has 17 heavy (non-hydrogen) atoms. The van der Waals surface area contributed by atoms with E-state index in [2.05, 4.69) is 19.1 Å². The quantitative estimate of drug-likeness (QED) is 0.737.